The van der Waals surface area contributed by atoms with E-state index in [9.17, 15) is 4.79 Å². The number of aromatic nitrogens is 2. The van der Waals surface area contributed by atoms with Gasteiger partial charge in [0.2, 0.25) is 5.91 Å². The van der Waals surface area contributed by atoms with Crippen LogP contribution in [0.3, 0.4) is 0 Å². The summed E-state index contributed by atoms with van der Waals surface area (Å²) in [4.78, 5) is 20.2. The number of carbonyl (C=O) groups is 1. The number of nitrogens with one attached hydrogen (secondary N) is 2. The minimum atomic E-state index is -0.172. The zero-order valence-electron chi connectivity index (χ0n) is 14.7. The van der Waals surface area contributed by atoms with Crippen molar-refractivity contribution in [3.05, 3.63) is 30.5 Å². The van der Waals surface area contributed by atoms with Gasteiger partial charge in [0, 0.05) is 11.3 Å². The van der Waals surface area contributed by atoms with Crippen molar-refractivity contribution in [2.75, 3.05) is 11.1 Å². The van der Waals surface area contributed by atoms with Crippen molar-refractivity contribution in [1.82, 2.24) is 9.97 Å². The molecule has 2 bridgehead atoms. The van der Waals surface area contributed by atoms with Crippen LogP contribution in [0.25, 0.3) is 11.3 Å². The monoisotopic (exact) mass is 338 g/mol. The molecule has 1 amide bonds. The Morgan fingerprint density at radius 1 is 1.40 bits per heavy atom. The summed E-state index contributed by atoms with van der Waals surface area (Å²) in [6.45, 7) is 2.29. The van der Waals surface area contributed by atoms with Crippen LogP contribution in [0.15, 0.2) is 30.5 Å². The highest BCUT2D eigenvalue weighted by atomic mass is 16.2. The maximum atomic E-state index is 13.1. The lowest BCUT2D eigenvalue weighted by atomic mass is 9.59. The quantitative estimate of drug-likeness (QED) is 0.784. The number of nitrogens with two attached hydrogens (primary N) is 1. The Kier molecular flexibility index (Phi) is 4.02. The van der Waals surface area contributed by atoms with E-state index in [1.54, 1.807) is 6.20 Å². The molecule has 3 atom stereocenters. The number of benzene rings is 1. The van der Waals surface area contributed by atoms with E-state index in [0.717, 1.165) is 42.1 Å². The number of rotatable bonds is 3. The van der Waals surface area contributed by atoms with Gasteiger partial charge < -0.3 is 16.0 Å². The molecular weight excluding hydrogens is 312 g/mol. The van der Waals surface area contributed by atoms with Crippen LogP contribution in [-0.4, -0.2) is 15.9 Å². The van der Waals surface area contributed by atoms with Gasteiger partial charge in [-0.2, -0.15) is 0 Å². The van der Waals surface area contributed by atoms with Crippen molar-refractivity contribution in [2.24, 2.45) is 17.3 Å². The predicted octanol–water partition coefficient (Wildman–Crippen LogP) is 4.20. The molecule has 5 nitrogen and oxygen atoms in total. The SMILES string of the molecule is CC1CC2CCCC(C(=O)Nc3cccc(-c4cnc(N)[nH]4)c3)(C1)C2. The van der Waals surface area contributed by atoms with E-state index in [2.05, 4.69) is 22.2 Å². The van der Waals surface area contributed by atoms with Gasteiger partial charge in [-0.25, -0.2) is 4.98 Å². The number of amides is 1. The van der Waals surface area contributed by atoms with E-state index in [0.29, 0.717) is 11.9 Å². The number of fused-ring (bicyclic) bond motifs is 2. The number of nitrogen functional groups attached to an aromatic ring is 1. The first-order valence-electron chi connectivity index (χ1n) is 9.26. The van der Waals surface area contributed by atoms with Crippen LogP contribution in [0.1, 0.15) is 45.4 Å². The topological polar surface area (TPSA) is 83.8 Å². The molecule has 0 saturated heterocycles. The standard InChI is InChI=1S/C20H26N4O/c1-13-8-14-4-3-7-20(10-13,11-14)18(25)23-16-6-2-5-15(9-16)17-12-22-19(21)24-17/h2,5-6,9,12-14H,3-4,7-8,10-11H2,1H3,(H,23,25)(H3,21,22,24). The number of carbonyl (C=O) groups excluding carboxylic acids is 1. The molecule has 3 unspecified atom stereocenters. The van der Waals surface area contributed by atoms with Crippen molar-refractivity contribution >= 4 is 17.5 Å². The van der Waals surface area contributed by atoms with Crippen LogP contribution >= 0.6 is 0 Å². The fourth-order valence-corrected chi connectivity index (χ4v) is 5.00. The van der Waals surface area contributed by atoms with E-state index < -0.39 is 0 Å². The lowest BCUT2D eigenvalue weighted by Crippen LogP contribution is -2.45. The first kappa shape index (κ1) is 16.2. The molecule has 132 valence electrons. The summed E-state index contributed by atoms with van der Waals surface area (Å²) in [6.07, 6.45) is 8.56. The summed E-state index contributed by atoms with van der Waals surface area (Å²) in [6, 6.07) is 7.87. The fourth-order valence-electron chi connectivity index (χ4n) is 5.00. The zero-order valence-corrected chi connectivity index (χ0v) is 14.7. The van der Waals surface area contributed by atoms with Gasteiger partial charge >= 0.3 is 0 Å². The number of hydrogen-bond acceptors (Lipinski definition) is 3. The fraction of sp³-hybridized carbons (Fsp3) is 0.500. The van der Waals surface area contributed by atoms with Crippen molar-refractivity contribution in [3.8, 4) is 11.3 Å². The van der Waals surface area contributed by atoms with Crippen LogP contribution in [0.4, 0.5) is 11.6 Å². The smallest absolute Gasteiger partial charge is 0.230 e. The summed E-state index contributed by atoms with van der Waals surface area (Å²) < 4.78 is 0. The molecule has 1 heterocycles. The van der Waals surface area contributed by atoms with E-state index in [1.807, 2.05) is 24.3 Å². The van der Waals surface area contributed by atoms with Gasteiger partial charge in [-0.1, -0.05) is 31.9 Å². The van der Waals surface area contributed by atoms with Crippen LogP contribution < -0.4 is 11.1 Å². The highest BCUT2D eigenvalue weighted by Crippen LogP contribution is 2.51. The lowest BCUT2D eigenvalue weighted by molar-refractivity contribution is -0.132. The summed E-state index contributed by atoms with van der Waals surface area (Å²) >= 11 is 0. The first-order chi connectivity index (χ1) is 12.0. The van der Waals surface area contributed by atoms with Gasteiger partial charge in [-0.05, 0) is 49.7 Å². The summed E-state index contributed by atoms with van der Waals surface area (Å²) in [5, 5.41) is 3.19. The number of anilines is 2. The molecule has 25 heavy (non-hydrogen) atoms. The van der Waals surface area contributed by atoms with Gasteiger partial charge in [0.05, 0.1) is 17.3 Å². The summed E-state index contributed by atoms with van der Waals surface area (Å²) in [5.41, 5.74) is 8.16. The molecule has 0 spiro atoms. The van der Waals surface area contributed by atoms with Crippen molar-refractivity contribution in [2.45, 2.75) is 45.4 Å². The Morgan fingerprint density at radius 2 is 2.28 bits per heavy atom. The second kappa shape index (κ2) is 6.21. The molecule has 4 rings (SSSR count). The molecule has 1 aromatic carbocycles. The van der Waals surface area contributed by atoms with Crippen LogP contribution in [0, 0.1) is 17.3 Å². The molecule has 2 saturated carbocycles. The van der Waals surface area contributed by atoms with Crippen molar-refractivity contribution in [1.29, 1.82) is 0 Å². The van der Waals surface area contributed by atoms with Crippen LogP contribution in [0.5, 0.6) is 0 Å². The number of H-pyrrole nitrogens is 1. The zero-order chi connectivity index (χ0) is 17.4. The molecule has 4 N–H and O–H groups in total. The Bertz CT molecular complexity index is 780. The highest BCUT2D eigenvalue weighted by Gasteiger charge is 2.46. The summed E-state index contributed by atoms with van der Waals surface area (Å²) in [5.74, 6) is 1.96. The number of hydrogen-bond donors (Lipinski definition) is 3. The second-order valence-electron chi connectivity index (χ2n) is 8.00. The third-order valence-corrected chi connectivity index (χ3v) is 5.93. The average molecular weight is 338 g/mol. The van der Waals surface area contributed by atoms with Gasteiger partial charge in [0.25, 0.3) is 0 Å². The van der Waals surface area contributed by atoms with E-state index in [1.165, 1.54) is 19.3 Å². The highest BCUT2D eigenvalue weighted by molar-refractivity contribution is 5.96. The molecule has 2 aliphatic rings. The molecular formula is C20H26N4O. The molecule has 0 aliphatic heterocycles. The second-order valence-corrected chi connectivity index (χ2v) is 8.00. The van der Waals surface area contributed by atoms with E-state index in [-0.39, 0.29) is 11.3 Å². The molecule has 2 fully saturated rings. The van der Waals surface area contributed by atoms with E-state index >= 15 is 0 Å². The summed E-state index contributed by atoms with van der Waals surface area (Å²) in [7, 11) is 0. The third-order valence-electron chi connectivity index (χ3n) is 5.93. The molecule has 2 aliphatic carbocycles. The minimum Gasteiger partial charge on any atom is -0.369 e. The molecule has 5 heteroatoms. The third kappa shape index (κ3) is 3.15. The number of imidazole rings is 1. The maximum absolute atomic E-state index is 13.1. The normalized spacial score (nSPS) is 28.5. The Labute approximate surface area is 148 Å². The lowest BCUT2D eigenvalue weighted by Gasteiger charge is -2.46. The average Bonchev–Trinajstić information content (AvgIpc) is 3.01. The largest absolute Gasteiger partial charge is 0.369 e. The molecule has 1 aromatic heterocycles. The van der Waals surface area contributed by atoms with E-state index in [4.69, 9.17) is 5.73 Å². The van der Waals surface area contributed by atoms with Crippen molar-refractivity contribution in [3.63, 3.8) is 0 Å². The van der Waals surface area contributed by atoms with Crippen LogP contribution in [0.2, 0.25) is 0 Å². The molecule has 0 radical (unpaired) electrons. The Balaban J connectivity index is 1.54. The van der Waals surface area contributed by atoms with Crippen LogP contribution in [-0.2, 0) is 4.79 Å². The molecule has 2 aromatic rings. The maximum Gasteiger partial charge on any atom is 0.230 e. The predicted molar refractivity (Wildman–Crippen MR) is 99.9 cm³/mol. The number of aromatic amines is 1. The number of nitrogens with zero attached hydrogens (tertiary/aromatic N) is 1. The van der Waals surface area contributed by atoms with Crippen molar-refractivity contribution < 1.29 is 4.79 Å². The van der Waals surface area contributed by atoms with Gasteiger partial charge in [-0.15, -0.1) is 0 Å². The Morgan fingerprint density at radius 3 is 3.08 bits per heavy atom. The first-order valence-corrected chi connectivity index (χ1v) is 9.26. The van der Waals surface area contributed by atoms with Gasteiger partial charge in [-0.3, -0.25) is 4.79 Å². The van der Waals surface area contributed by atoms with Gasteiger partial charge in [0.1, 0.15) is 0 Å². The Hall–Kier alpha value is -2.30. The minimum absolute atomic E-state index is 0.172. The van der Waals surface area contributed by atoms with Gasteiger partial charge in [0.15, 0.2) is 5.95 Å².